The van der Waals surface area contributed by atoms with E-state index in [0.29, 0.717) is 30.8 Å². The molecule has 0 atom stereocenters. The molecule has 1 N–H and O–H groups in total. The first-order valence-corrected chi connectivity index (χ1v) is 11.5. The summed E-state index contributed by atoms with van der Waals surface area (Å²) in [5, 5.41) is 4.86. The van der Waals surface area contributed by atoms with E-state index < -0.39 is 11.6 Å². The second-order valence-corrected chi connectivity index (χ2v) is 9.11. The van der Waals surface area contributed by atoms with E-state index in [1.807, 2.05) is 29.6 Å². The number of ether oxygens (including phenoxy) is 1. The van der Waals surface area contributed by atoms with Crippen LogP contribution in [0.25, 0.3) is 0 Å². The molecule has 1 aromatic carbocycles. The molecule has 1 saturated carbocycles. The van der Waals surface area contributed by atoms with Crippen LogP contribution in [0.15, 0.2) is 41.8 Å². The molecule has 0 radical (unpaired) electrons. The summed E-state index contributed by atoms with van der Waals surface area (Å²) in [7, 11) is 1.59. The van der Waals surface area contributed by atoms with E-state index in [1.54, 1.807) is 35.5 Å². The topological polar surface area (TPSA) is 79.0 Å². The van der Waals surface area contributed by atoms with Crippen LogP contribution in [-0.4, -0.2) is 41.9 Å². The summed E-state index contributed by atoms with van der Waals surface area (Å²) in [4.78, 5) is 42.9. The molecule has 7 nitrogen and oxygen atoms in total. The van der Waals surface area contributed by atoms with Crippen LogP contribution in [-0.2, 0) is 16.1 Å². The lowest BCUT2D eigenvalue weighted by Gasteiger charge is -2.26. The van der Waals surface area contributed by atoms with E-state index in [2.05, 4.69) is 5.32 Å². The number of thiophene rings is 1. The van der Waals surface area contributed by atoms with Gasteiger partial charge in [-0.2, -0.15) is 0 Å². The Bertz CT molecular complexity index is 934. The molecule has 0 bridgehead atoms. The molecule has 1 spiro atoms. The van der Waals surface area contributed by atoms with E-state index in [1.165, 1.54) is 0 Å². The second-order valence-electron chi connectivity index (χ2n) is 8.08. The molecule has 8 heteroatoms. The number of nitrogens with zero attached hydrogens (tertiary/aromatic N) is 2. The van der Waals surface area contributed by atoms with Gasteiger partial charge in [-0.1, -0.05) is 31.7 Å². The van der Waals surface area contributed by atoms with E-state index in [-0.39, 0.29) is 18.4 Å². The lowest BCUT2D eigenvalue weighted by Crippen LogP contribution is -2.47. The summed E-state index contributed by atoms with van der Waals surface area (Å²) >= 11 is 1.56. The summed E-state index contributed by atoms with van der Waals surface area (Å²) in [6.07, 6.45) is 5.22. The van der Waals surface area contributed by atoms with Crippen LogP contribution in [0.3, 0.4) is 0 Å². The van der Waals surface area contributed by atoms with Crippen LogP contribution >= 0.6 is 11.3 Å². The average molecular weight is 442 g/mol. The number of carbonyl (C=O) groups excluding carboxylic acids is 3. The SMILES string of the molecule is COc1ccc(N(Cc2cccs2)C(=O)CN2C(=O)NC3(CCCCCC3)C2=O)cc1. The first-order chi connectivity index (χ1) is 15.0. The van der Waals surface area contributed by atoms with Gasteiger partial charge in [-0.15, -0.1) is 11.3 Å². The maximum atomic E-state index is 13.3. The minimum absolute atomic E-state index is 0.265. The summed E-state index contributed by atoms with van der Waals surface area (Å²) in [5.41, 5.74) is -0.150. The Morgan fingerprint density at radius 3 is 2.45 bits per heavy atom. The molecule has 1 saturated heterocycles. The molecule has 0 unspecified atom stereocenters. The second kappa shape index (κ2) is 9.09. The largest absolute Gasteiger partial charge is 0.497 e. The molecule has 31 heavy (non-hydrogen) atoms. The molecule has 1 aliphatic heterocycles. The minimum Gasteiger partial charge on any atom is -0.497 e. The third-order valence-corrected chi connectivity index (χ3v) is 6.94. The van der Waals surface area contributed by atoms with Crippen molar-refractivity contribution >= 4 is 34.9 Å². The van der Waals surface area contributed by atoms with Crippen LogP contribution in [0.1, 0.15) is 43.4 Å². The number of hydrogen-bond acceptors (Lipinski definition) is 5. The molecule has 2 aliphatic rings. The van der Waals surface area contributed by atoms with Gasteiger partial charge in [0.15, 0.2) is 0 Å². The predicted octanol–water partition coefficient (Wildman–Crippen LogP) is 3.93. The fourth-order valence-electron chi connectivity index (χ4n) is 4.36. The van der Waals surface area contributed by atoms with Gasteiger partial charge in [0.25, 0.3) is 5.91 Å². The number of nitrogens with one attached hydrogen (secondary N) is 1. The highest BCUT2D eigenvalue weighted by atomic mass is 32.1. The van der Waals surface area contributed by atoms with Gasteiger partial charge in [0.05, 0.1) is 13.7 Å². The van der Waals surface area contributed by atoms with Gasteiger partial charge >= 0.3 is 6.03 Å². The van der Waals surface area contributed by atoms with Crippen LogP contribution in [0.4, 0.5) is 10.5 Å². The number of anilines is 1. The third kappa shape index (κ3) is 4.44. The molecule has 2 aromatic rings. The van der Waals surface area contributed by atoms with E-state index in [4.69, 9.17) is 4.74 Å². The third-order valence-electron chi connectivity index (χ3n) is 6.08. The number of rotatable bonds is 6. The van der Waals surface area contributed by atoms with E-state index in [0.717, 1.165) is 35.5 Å². The normalized spacial score (nSPS) is 18.0. The Hall–Kier alpha value is -2.87. The number of imide groups is 1. The van der Waals surface area contributed by atoms with Crippen molar-refractivity contribution in [1.29, 1.82) is 0 Å². The lowest BCUT2D eigenvalue weighted by atomic mass is 9.90. The van der Waals surface area contributed by atoms with Gasteiger partial charge in [-0.25, -0.2) is 4.79 Å². The van der Waals surface area contributed by atoms with Crippen LogP contribution in [0.5, 0.6) is 5.75 Å². The Morgan fingerprint density at radius 1 is 1.13 bits per heavy atom. The van der Waals surface area contributed by atoms with E-state index >= 15 is 0 Å². The highest BCUT2D eigenvalue weighted by Crippen LogP contribution is 2.33. The zero-order chi connectivity index (χ0) is 21.8. The van der Waals surface area contributed by atoms with Gasteiger partial charge in [0, 0.05) is 10.6 Å². The number of urea groups is 1. The maximum absolute atomic E-state index is 13.3. The minimum atomic E-state index is -0.841. The standard InChI is InChI=1S/C23H27N3O4S/c1-30-18-10-8-17(9-11-18)25(15-19-7-6-14-31-19)20(27)16-26-21(28)23(24-22(26)29)12-4-2-3-5-13-23/h6-11,14H,2-5,12-13,15-16H2,1H3,(H,24,29). The number of amides is 4. The quantitative estimate of drug-likeness (QED) is 0.689. The van der Waals surface area contributed by atoms with Gasteiger partial charge in [-0.3, -0.25) is 14.5 Å². The van der Waals surface area contributed by atoms with Gasteiger partial charge in [-0.05, 0) is 48.6 Å². The van der Waals surface area contributed by atoms with E-state index in [9.17, 15) is 14.4 Å². The van der Waals surface area contributed by atoms with Crippen molar-refractivity contribution in [2.24, 2.45) is 0 Å². The molecule has 1 aromatic heterocycles. The summed E-state index contributed by atoms with van der Waals surface area (Å²) in [6, 6.07) is 10.6. The molecule has 4 amide bonds. The van der Waals surface area contributed by atoms with Crippen LogP contribution in [0, 0.1) is 0 Å². The van der Waals surface area contributed by atoms with Crippen molar-refractivity contribution in [3.8, 4) is 5.75 Å². The highest BCUT2D eigenvalue weighted by Gasteiger charge is 2.51. The Kier molecular flexibility index (Phi) is 6.27. The number of methoxy groups -OCH3 is 1. The smallest absolute Gasteiger partial charge is 0.325 e. The molecule has 2 fully saturated rings. The number of hydrogen-bond donors (Lipinski definition) is 1. The fourth-order valence-corrected chi connectivity index (χ4v) is 5.05. The molecule has 1 aliphatic carbocycles. The molecule has 4 rings (SSSR count). The monoisotopic (exact) mass is 441 g/mol. The summed E-state index contributed by atoms with van der Waals surface area (Å²) in [6.45, 7) is 0.0987. The maximum Gasteiger partial charge on any atom is 0.325 e. The highest BCUT2D eigenvalue weighted by molar-refractivity contribution is 7.09. The van der Waals surface area contributed by atoms with Crippen molar-refractivity contribution in [3.63, 3.8) is 0 Å². The average Bonchev–Trinajstić information content (AvgIpc) is 3.28. The van der Waals surface area contributed by atoms with Crippen molar-refractivity contribution in [2.75, 3.05) is 18.6 Å². The van der Waals surface area contributed by atoms with Crippen molar-refractivity contribution in [3.05, 3.63) is 46.7 Å². The summed E-state index contributed by atoms with van der Waals surface area (Å²) in [5.74, 6) is 0.128. The lowest BCUT2D eigenvalue weighted by molar-refractivity contribution is -0.134. The summed E-state index contributed by atoms with van der Waals surface area (Å²) < 4.78 is 5.22. The Morgan fingerprint density at radius 2 is 1.84 bits per heavy atom. The van der Waals surface area contributed by atoms with Gasteiger partial charge < -0.3 is 15.0 Å². The Balaban J connectivity index is 1.55. The van der Waals surface area contributed by atoms with Crippen molar-refractivity contribution < 1.29 is 19.1 Å². The zero-order valence-electron chi connectivity index (χ0n) is 17.6. The predicted molar refractivity (Wildman–Crippen MR) is 119 cm³/mol. The fraction of sp³-hybridized carbons (Fsp3) is 0.435. The molecular formula is C23H27N3O4S. The number of benzene rings is 1. The number of carbonyl (C=O) groups is 3. The first kappa shape index (κ1) is 21.4. The Labute approximate surface area is 186 Å². The molecule has 164 valence electrons. The molecular weight excluding hydrogens is 414 g/mol. The van der Waals surface area contributed by atoms with Crippen LogP contribution in [0.2, 0.25) is 0 Å². The zero-order valence-corrected chi connectivity index (χ0v) is 18.5. The van der Waals surface area contributed by atoms with Gasteiger partial charge in [0.2, 0.25) is 5.91 Å². The van der Waals surface area contributed by atoms with Crippen molar-refractivity contribution in [2.45, 2.75) is 50.6 Å². The molecule has 2 heterocycles. The van der Waals surface area contributed by atoms with Crippen molar-refractivity contribution in [1.82, 2.24) is 10.2 Å². The van der Waals surface area contributed by atoms with Crippen LogP contribution < -0.4 is 15.0 Å². The van der Waals surface area contributed by atoms with Gasteiger partial charge in [0.1, 0.15) is 17.8 Å². The first-order valence-electron chi connectivity index (χ1n) is 10.6.